The van der Waals surface area contributed by atoms with Crippen molar-refractivity contribution in [3.05, 3.63) is 52.9 Å². The minimum atomic E-state index is -4.53. The van der Waals surface area contributed by atoms with E-state index in [1.807, 2.05) is 0 Å². The zero-order valence-corrected chi connectivity index (χ0v) is 18.4. The fraction of sp³-hybridized carbons (Fsp3) is 0.316. The van der Waals surface area contributed by atoms with Gasteiger partial charge in [-0.2, -0.15) is 13.2 Å². The molecule has 0 saturated carbocycles. The summed E-state index contributed by atoms with van der Waals surface area (Å²) in [6.07, 6.45) is -2.74. The second kappa shape index (κ2) is 10.3. The summed E-state index contributed by atoms with van der Waals surface area (Å²) in [6, 6.07) is 5.43. The number of aromatic nitrogens is 1. The predicted octanol–water partition coefficient (Wildman–Crippen LogP) is 2.65. The first-order valence-electron chi connectivity index (χ1n) is 9.56. The van der Waals surface area contributed by atoms with Crippen LogP contribution in [0.5, 0.6) is 5.75 Å². The molecule has 32 heavy (non-hydrogen) atoms. The third kappa shape index (κ3) is 6.65. The van der Waals surface area contributed by atoms with E-state index in [9.17, 15) is 27.2 Å². The molecule has 2 aromatic rings. The molecule has 2 heterocycles. The molecule has 2 amide bonds. The quantitative estimate of drug-likeness (QED) is 0.428. The first kappa shape index (κ1) is 23.9. The van der Waals surface area contributed by atoms with Gasteiger partial charge in [0.1, 0.15) is 17.4 Å². The van der Waals surface area contributed by atoms with Crippen LogP contribution < -0.4 is 20.4 Å². The van der Waals surface area contributed by atoms with Crippen molar-refractivity contribution in [1.82, 2.24) is 15.3 Å². The van der Waals surface area contributed by atoms with Gasteiger partial charge in [-0.05, 0) is 36.7 Å². The highest BCUT2D eigenvalue weighted by molar-refractivity contribution is 6.59. The molecule has 7 nitrogen and oxygen atoms in total. The summed E-state index contributed by atoms with van der Waals surface area (Å²) in [5.41, 5.74) is -0.904. The molecule has 0 spiro atoms. The van der Waals surface area contributed by atoms with Crippen LogP contribution in [0.3, 0.4) is 0 Å². The molecule has 1 aliphatic heterocycles. The standard InChI is InChI=1S/C19H19ClF4N4O3Si/c20-13-2-1-12(8-14(13)21)31-9-17(29)28-32-6-4-15(26-10-32)18(30)27-16-7-11(3-5-25-16)19(22,23)24/h1-3,5,7-8,15,26,32H,4,6,9-10H2,(H,28,29)(H,25,27,30)/t15-,32+/m1/s1. The first-order valence-corrected chi connectivity index (χ1v) is 12.2. The predicted molar refractivity (Wildman–Crippen MR) is 111 cm³/mol. The van der Waals surface area contributed by atoms with Crippen LogP contribution in [0.15, 0.2) is 36.5 Å². The van der Waals surface area contributed by atoms with Crippen molar-refractivity contribution in [3.63, 3.8) is 0 Å². The van der Waals surface area contributed by atoms with E-state index in [4.69, 9.17) is 16.3 Å². The van der Waals surface area contributed by atoms with Crippen LogP contribution in [0.1, 0.15) is 12.0 Å². The van der Waals surface area contributed by atoms with Gasteiger partial charge in [0.05, 0.1) is 16.6 Å². The average Bonchev–Trinajstić information content (AvgIpc) is 2.74. The van der Waals surface area contributed by atoms with Crippen molar-refractivity contribution in [3.8, 4) is 5.75 Å². The third-order valence-corrected chi connectivity index (χ3v) is 7.49. The number of ether oxygens (including phenoxy) is 1. The third-order valence-electron chi connectivity index (χ3n) is 4.70. The lowest BCUT2D eigenvalue weighted by atomic mass is 10.2. The number of rotatable bonds is 6. The Bertz CT molecular complexity index is 987. The van der Waals surface area contributed by atoms with Crippen LogP contribution in [-0.4, -0.2) is 44.6 Å². The normalized spacial score (nSPS) is 18.7. The lowest BCUT2D eigenvalue weighted by molar-refractivity contribution is -0.137. The number of hydrogen-bond acceptors (Lipinski definition) is 5. The number of alkyl halides is 3. The molecule has 0 bridgehead atoms. The Balaban J connectivity index is 1.43. The summed E-state index contributed by atoms with van der Waals surface area (Å²) in [6.45, 7) is -0.296. The van der Waals surface area contributed by atoms with Crippen molar-refractivity contribution >= 4 is 38.2 Å². The van der Waals surface area contributed by atoms with E-state index >= 15 is 0 Å². The van der Waals surface area contributed by atoms with E-state index in [1.165, 1.54) is 12.1 Å². The van der Waals surface area contributed by atoms with Crippen molar-refractivity contribution < 1.29 is 31.9 Å². The zero-order chi connectivity index (χ0) is 23.3. The number of halogens is 5. The lowest BCUT2D eigenvalue weighted by Gasteiger charge is -2.28. The molecule has 2 atom stereocenters. The highest BCUT2D eigenvalue weighted by Crippen LogP contribution is 2.30. The second-order valence-electron chi connectivity index (χ2n) is 7.08. The van der Waals surface area contributed by atoms with Crippen LogP contribution in [0.25, 0.3) is 0 Å². The fourth-order valence-corrected chi connectivity index (χ4v) is 5.49. The van der Waals surface area contributed by atoms with Gasteiger partial charge in [0, 0.05) is 18.4 Å². The Morgan fingerprint density at radius 3 is 2.72 bits per heavy atom. The largest absolute Gasteiger partial charge is 0.484 e. The SMILES string of the molecule is O=C(COc1ccc(Cl)c(F)c1)N[Si@H]1CC[C@H](C(=O)Nc2cc(C(F)(F)F)ccn2)NC1. The molecule has 1 fully saturated rings. The van der Waals surface area contributed by atoms with Crippen LogP contribution in [0, 0.1) is 5.82 Å². The van der Waals surface area contributed by atoms with Crippen LogP contribution in [-0.2, 0) is 15.8 Å². The maximum Gasteiger partial charge on any atom is 0.416 e. The highest BCUT2D eigenvalue weighted by atomic mass is 35.5. The summed E-state index contributed by atoms with van der Waals surface area (Å²) >= 11 is 5.59. The summed E-state index contributed by atoms with van der Waals surface area (Å²) in [5.74, 6) is -1.53. The molecule has 0 aliphatic carbocycles. The minimum Gasteiger partial charge on any atom is -0.484 e. The van der Waals surface area contributed by atoms with Crippen molar-refractivity contribution in [2.75, 3.05) is 18.1 Å². The number of nitrogens with zero attached hydrogens (tertiary/aromatic N) is 1. The van der Waals surface area contributed by atoms with Crippen molar-refractivity contribution in [1.29, 1.82) is 0 Å². The number of carbonyl (C=O) groups is 2. The summed E-state index contributed by atoms with van der Waals surface area (Å²) in [7, 11) is -1.75. The van der Waals surface area contributed by atoms with E-state index in [2.05, 4.69) is 20.6 Å². The number of hydrogen-bond donors (Lipinski definition) is 3. The maximum atomic E-state index is 13.4. The number of nitrogens with one attached hydrogen (secondary N) is 3. The average molecular weight is 491 g/mol. The molecule has 0 radical (unpaired) electrons. The fourth-order valence-electron chi connectivity index (χ4n) is 3.08. The van der Waals surface area contributed by atoms with Crippen LogP contribution in [0.4, 0.5) is 23.4 Å². The Morgan fingerprint density at radius 1 is 1.28 bits per heavy atom. The van der Waals surface area contributed by atoms with Gasteiger partial charge in [-0.25, -0.2) is 9.37 Å². The minimum absolute atomic E-state index is 0.0510. The van der Waals surface area contributed by atoms with Crippen molar-refractivity contribution in [2.45, 2.75) is 24.7 Å². The van der Waals surface area contributed by atoms with E-state index in [-0.39, 0.29) is 29.1 Å². The number of carbonyl (C=O) groups excluding carboxylic acids is 2. The van der Waals surface area contributed by atoms with Gasteiger partial charge in [-0.15, -0.1) is 0 Å². The number of anilines is 1. The highest BCUT2D eigenvalue weighted by Gasteiger charge is 2.32. The molecule has 0 unspecified atom stereocenters. The van der Waals surface area contributed by atoms with E-state index in [1.54, 1.807) is 0 Å². The van der Waals surface area contributed by atoms with E-state index < -0.39 is 38.5 Å². The Hall–Kier alpha value is -2.70. The molecule has 172 valence electrons. The zero-order valence-electron chi connectivity index (χ0n) is 16.5. The van der Waals surface area contributed by atoms with Gasteiger partial charge in [0.15, 0.2) is 15.6 Å². The Kier molecular flexibility index (Phi) is 7.69. The lowest BCUT2D eigenvalue weighted by Crippen LogP contribution is -2.56. The number of amides is 2. The molecule has 3 rings (SSSR count). The van der Waals surface area contributed by atoms with E-state index in [0.29, 0.717) is 18.6 Å². The smallest absolute Gasteiger partial charge is 0.416 e. The molecular weight excluding hydrogens is 472 g/mol. The monoisotopic (exact) mass is 490 g/mol. The maximum absolute atomic E-state index is 13.4. The first-order chi connectivity index (χ1) is 15.1. The molecule has 1 saturated heterocycles. The van der Waals surface area contributed by atoms with Crippen molar-refractivity contribution in [2.24, 2.45) is 0 Å². The summed E-state index contributed by atoms with van der Waals surface area (Å²) < 4.78 is 57.0. The second-order valence-corrected chi connectivity index (χ2v) is 10.2. The van der Waals surface area contributed by atoms with E-state index in [0.717, 1.165) is 24.4 Å². The van der Waals surface area contributed by atoms with Gasteiger partial charge in [-0.3, -0.25) is 9.59 Å². The molecule has 1 aliphatic rings. The number of pyridine rings is 1. The topological polar surface area (TPSA) is 92.3 Å². The summed E-state index contributed by atoms with van der Waals surface area (Å²) in [5, 5.41) is 5.34. The van der Waals surface area contributed by atoms with Gasteiger partial charge < -0.3 is 20.4 Å². The Morgan fingerprint density at radius 2 is 2.06 bits per heavy atom. The summed E-state index contributed by atoms with van der Waals surface area (Å²) in [4.78, 5) is 31.0. The molecule has 1 aromatic heterocycles. The van der Waals surface area contributed by atoms with Gasteiger partial charge in [0.25, 0.3) is 0 Å². The molecule has 1 aromatic carbocycles. The molecule has 13 heteroatoms. The molecular formula is C19H19ClF4N4O3Si. The number of benzene rings is 1. The van der Waals surface area contributed by atoms with Gasteiger partial charge in [-0.1, -0.05) is 11.6 Å². The van der Waals surface area contributed by atoms with Gasteiger partial charge >= 0.3 is 6.18 Å². The van der Waals surface area contributed by atoms with Crippen LogP contribution >= 0.6 is 11.6 Å². The van der Waals surface area contributed by atoms with Crippen LogP contribution in [0.2, 0.25) is 11.1 Å². The Labute approximate surface area is 187 Å². The molecule has 3 N–H and O–H groups in total. The van der Waals surface area contributed by atoms with Gasteiger partial charge in [0.2, 0.25) is 11.8 Å².